The molecule has 96 valence electrons. The molecular formula is C14H19N3O. The van der Waals surface area contributed by atoms with E-state index in [0.29, 0.717) is 5.92 Å². The molecule has 3 rings (SSSR count). The molecule has 0 aliphatic carbocycles. The van der Waals surface area contributed by atoms with Gasteiger partial charge in [0.15, 0.2) is 5.65 Å². The van der Waals surface area contributed by atoms with Gasteiger partial charge in [0.2, 0.25) is 0 Å². The number of hydrogen-bond donors (Lipinski definition) is 0. The van der Waals surface area contributed by atoms with Crippen molar-refractivity contribution in [2.24, 2.45) is 0 Å². The Balaban J connectivity index is 2.23. The summed E-state index contributed by atoms with van der Waals surface area (Å²) >= 11 is 0. The van der Waals surface area contributed by atoms with E-state index in [1.54, 1.807) is 0 Å². The van der Waals surface area contributed by atoms with Crippen LogP contribution in [-0.4, -0.2) is 27.7 Å². The molecule has 0 saturated carbocycles. The van der Waals surface area contributed by atoms with Gasteiger partial charge in [-0.2, -0.15) is 0 Å². The molecule has 0 radical (unpaired) electrons. The highest BCUT2D eigenvalue weighted by molar-refractivity contribution is 5.71. The van der Waals surface area contributed by atoms with Crippen LogP contribution in [0.5, 0.6) is 0 Å². The van der Waals surface area contributed by atoms with E-state index in [9.17, 15) is 0 Å². The highest BCUT2D eigenvalue weighted by Gasteiger charge is 2.29. The Morgan fingerprint density at radius 1 is 1.39 bits per heavy atom. The number of hydrogen-bond acceptors (Lipinski definition) is 3. The second-order valence-corrected chi connectivity index (χ2v) is 5.88. The molecule has 0 spiro atoms. The average Bonchev–Trinajstić information content (AvgIpc) is 2.94. The van der Waals surface area contributed by atoms with E-state index < -0.39 is 0 Å². The minimum absolute atomic E-state index is 0.0129. The van der Waals surface area contributed by atoms with Gasteiger partial charge in [0.05, 0.1) is 6.61 Å². The lowest BCUT2D eigenvalue weighted by Gasteiger charge is -2.25. The third kappa shape index (κ3) is 1.81. The van der Waals surface area contributed by atoms with Crippen molar-refractivity contribution in [3.63, 3.8) is 0 Å². The first-order valence-electron chi connectivity index (χ1n) is 6.49. The average molecular weight is 245 g/mol. The summed E-state index contributed by atoms with van der Waals surface area (Å²) in [6.07, 6.45) is 2.89. The third-order valence-electron chi connectivity index (χ3n) is 3.41. The lowest BCUT2D eigenvalue weighted by atomic mass is 10.0. The topological polar surface area (TPSA) is 39.9 Å². The maximum Gasteiger partial charge on any atom is 0.160 e. The van der Waals surface area contributed by atoms with Gasteiger partial charge >= 0.3 is 0 Å². The summed E-state index contributed by atoms with van der Waals surface area (Å²) in [7, 11) is 0. The SMILES string of the molecule is CC(C)(C)n1c(C2CCOC2)nc2cccnc21. The van der Waals surface area contributed by atoms with Crippen LogP contribution in [0.4, 0.5) is 0 Å². The molecule has 0 aromatic carbocycles. The van der Waals surface area contributed by atoms with Gasteiger partial charge in [-0.05, 0) is 39.3 Å². The Labute approximate surface area is 107 Å². The minimum Gasteiger partial charge on any atom is -0.381 e. The lowest BCUT2D eigenvalue weighted by molar-refractivity contribution is 0.192. The van der Waals surface area contributed by atoms with Gasteiger partial charge in [-0.1, -0.05) is 0 Å². The minimum atomic E-state index is -0.0129. The van der Waals surface area contributed by atoms with E-state index >= 15 is 0 Å². The van der Waals surface area contributed by atoms with Gasteiger partial charge in [0.25, 0.3) is 0 Å². The van der Waals surface area contributed by atoms with Gasteiger partial charge < -0.3 is 9.30 Å². The maximum atomic E-state index is 5.50. The van der Waals surface area contributed by atoms with Crippen LogP contribution >= 0.6 is 0 Å². The van der Waals surface area contributed by atoms with Crippen LogP contribution < -0.4 is 0 Å². The lowest BCUT2D eigenvalue weighted by Crippen LogP contribution is -2.26. The van der Waals surface area contributed by atoms with Gasteiger partial charge in [-0.25, -0.2) is 9.97 Å². The van der Waals surface area contributed by atoms with Gasteiger partial charge in [-0.15, -0.1) is 0 Å². The van der Waals surface area contributed by atoms with E-state index in [2.05, 4.69) is 30.3 Å². The Bertz CT molecular complexity index is 562. The zero-order valence-corrected chi connectivity index (χ0v) is 11.2. The van der Waals surface area contributed by atoms with Crippen LogP contribution in [0.25, 0.3) is 11.2 Å². The summed E-state index contributed by atoms with van der Waals surface area (Å²) in [5.74, 6) is 1.52. The molecule has 2 aromatic rings. The second-order valence-electron chi connectivity index (χ2n) is 5.88. The fraction of sp³-hybridized carbons (Fsp3) is 0.571. The molecule has 0 amide bonds. The van der Waals surface area contributed by atoms with Gasteiger partial charge in [0.1, 0.15) is 11.3 Å². The van der Waals surface area contributed by atoms with Crippen molar-refractivity contribution in [3.05, 3.63) is 24.2 Å². The number of aromatic nitrogens is 3. The van der Waals surface area contributed by atoms with Crippen molar-refractivity contribution in [1.82, 2.24) is 14.5 Å². The van der Waals surface area contributed by atoms with E-state index in [1.165, 1.54) is 0 Å². The highest BCUT2D eigenvalue weighted by atomic mass is 16.5. The molecular weight excluding hydrogens is 226 g/mol. The number of pyridine rings is 1. The Kier molecular flexibility index (Phi) is 2.63. The first-order chi connectivity index (χ1) is 8.57. The summed E-state index contributed by atoms with van der Waals surface area (Å²) in [5, 5.41) is 0. The monoisotopic (exact) mass is 245 g/mol. The van der Waals surface area contributed by atoms with Crippen LogP contribution in [0.3, 0.4) is 0 Å². The molecule has 2 aromatic heterocycles. The summed E-state index contributed by atoms with van der Waals surface area (Å²) in [6, 6.07) is 3.97. The van der Waals surface area contributed by atoms with Crippen molar-refractivity contribution in [1.29, 1.82) is 0 Å². The summed E-state index contributed by atoms with van der Waals surface area (Å²) in [5.41, 5.74) is 1.95. The van der Waals surface area contributed by atoms with Crippen LogP contribution in [0.2, 0.25) is 0 Å². The van der Waals surface area contributed by atoms with Crippen LogP contribution in [0, 0.1) is 0 Å². The maximum absolute atomic E-state index is 5.50. The van der Waals surface area contributed by atoms with Crippen molar-refractivity contribution in [2.45, 2.75) is 38.6 Å². The zero-order valence-electron chi connectivity index (χ0n) is 11.2. The largest absolute Gasteiger partial charge is 0.381 e. The molecule has 3 heterocycles. The fourth-order valence-electron chi connectivity index (χ4n) is 2.60. The molecule has 1 atom stereocenters. The molecule has 1 aliphatic heterocycles. The van der Waals surface area contributed by atoms with E-state index in [1.807, 2.05) is 18.3 Å². The Morgan fingerprint density at radius 3 is 2.89 bits per heavy atom. The predicted octanol–water partition coefficient (Wildman–Crippen LogP) is 2.69. The number of nitrogens with zero attached hydrogens (tertiary/aromatic N) is 3. The molecule has 1 fully saturated rings. The van der Waals surface area contributed by atoms with E-state index in [4.69, 9.17) is 9.72 Å². The molecule has 4 nitrogen and oxygen atoms in total. The van der Waals surface area contributed by atoms with Crippen LogP contribution in [0.1, 0.15) is 38.9 Å². The molecule has 0 N–H and O–H groups in total. The Hall–Kier alpha value is -1.42. The summed E-state index contributed by atoms with van der Waals surface area (Å²) in [6.45, 7) is 8.21. The van der Waals surface area contributed by atoms with Crippen molar-refractivity contribution in [2.75, 3.05) is 13.2 Å². The molecule has 0 bridgehead atoms. The molecule has 1 aliphatic rings. The van der Waals surface area contributed by atoms with Crippen molar-refractivity contribution < 1.29 is 4.74 Å². The van der Waals surface area contributed by atoms with Crippen LogP contribution in [0.15, 0.2) is 18.3 Å². The van der Waals surface area contributed by atoms with E-state index in [-0.39, 0.29) is 5.54 Å². The molecule has 1 unspecified atom stereocenters. The Morgan fingerprint density at radius 2 is 2.22 bits per heavy atom. The van der Waals surface area contributed by atoms with Crippen molar-refractivity contribution >= 4 is 11.2 Å². The van der Waals surface area contributed by atoms with E-state index in [0.717, 1.165) is 36.6 Å². The quantitative estimate of drug-likeness (QED) is 0.775. The summed E-state index contributed by atoms with van der Waals surface area (Å²) in [4.78, 5) is 9.28. The third-order valence-corrected chi connectivity index (χ3v) is 3.41. The molecule has 18 heavy (non-hydrogen) atoms. The first kappa shape index (κ1) is 11.7. The van der Waals surface area contributed by atoms with Gasteiger partial charge in [-0.3, -0.25) is 0 Å². The van der Waals surface area contributed by atoms with Crippen molar-refractivity contribution in [3.8, 4) is 0 Å². The number of fused-ring (bicyclic) bond motifs is 1. The van der Waals surface area contributed by atoms with Crippen LogP contribution in [-0.2, 0) is 10.3 Å². The second kappa shape index (κ2) is 4.05. The smallest absolute Gasteiger partial charge is 0.160 e. The number of imidazole rings is 1. The van der Waals surface area contributed by atoms with Gasteiger partial charge in [0, 0.05) is 24.3 Å². The molecule has 1 saturated heterocycles. The normalized spacial score (nSPS) is 20.7. The highest BCUT2D eigenvalue weighted by Crippen LogP contribution is 2.31. The first-order valence-corrected chi connectivity index (χ1v) is 6.49. The fourth-order valence-corrected chi connectivity index (χ4v) is 2.60. The summed E-state index contributed by atoms with van der Waals surface area (Å²) < 4.78 is 7.77. The standard InChI is InChI=1S/C14H19N3O/c1-14(2,3)17-12(10-6-8-18-9-10)16-11-5-4-7-15-13(11)17/h4-5,7,10H,6,8-9H2,1-3H3. The molecule has 4 heteroatoms. The number of rotatable bonds is 1. The number of ether oxygens (including phenoxy) is 1. The zero-order chi connectivity index (χ0) is 12.8. The predicted molar refractivity (Wildman–Crippen MR) is 70.7 cm³/mol.